The monoisotopic (exact) mass is 262 g/mol. The average Bonchev–Trinajstić information content (AvgIpc) is 2.39. The molecule has 0 bridgehead atoms. The maximum Gasteiger partial charge on any atom is 0.306 e. The van der Waals surface area contributed by atoms with Gasteiger partial charge in [0.2, 0.25) is 0 Å². The van der Waals surface area contributed by atoms with Gasteiger partial charge in [0.1, 0.15) is 5.82 Å². The third-order valence-corrected chi connectivity index (χ3v) is 3.52. The summed E-state index contributed by atoms with van der Waals surface area (Å²) in [6, 6.07) is 6.19. The SMILES string of the molecule is N#Cc1ccc(F)cc1CN1CCC(C(=O)O)CC1. The molecule has 0 atom stereocenters. The molecule has 1 N–H and O–H groups in total. The summed E-state index contributed by atoms with van der Waals surface area (Å²) in [6.45, 7) is 1.82. The first-order chi connectivity index (χ1) is 9.10. The van der Waals surface area contributed by atoms with Crippen LogP contribution in [-0.2, 0) is 11.3 Å². The number of nitriles is 1. The van der Waals surface area contributed by atoms with Crippen LogP contribution in [0.1, 0.15) is 24.0 Å². The average molecular weight is 262 g/mol. The van der Waals surface area contributed by atoms with Crippen LogP contribution < -0.4 is 0 Å². The number of hydrogen-bond acceptors (Lipinski definition) is 3. The van der Waals surface area contributed by atoms with Gasteiger partial charge in [-0.1, -0.05) is 0 Å². The highest BCUT2D eigenvalue weighted by atomic mass is 19.1. The van der Waals surface area contributed by atoms with Crippen molar-refractivity contribution in [1.82, 2.24) is 4.90 Å². The molecule has 1 saturated heterocycles. The maximum absolute atomic E-state index is 13.2. The number of aliphatic carboxylic acids is 1. The molecule has 5 heteroatoms. The molecule has 0 aromatic heterocycles. The van der Waals surface area contributed by atoms with Crippen LogP contribution in [-0.4, -0.2) is 29.1 Å². The first-order valence-electron chi connectivity index (χ1n) is 6.24. The summed E-state index contributed by atoms with van der Waals surface area (Å²) >= 11 is 0. The molecule has 0 saturated carbocycles. The minimum absolute atomic E-state index is 0.279. The molecule has 0 radical (unpaired) electrons. The van der Waals surface area contributed by atoms with E-state index in [9.17, 15) is 9.18 Å². The van der Waals surface area contributed by atoms with Gasteiger partial charge in [0, 0.05) is 6.54 Å². The van der Waals surface area contributed by atoms with Crippen LogP contribution in [0.25, 0.3) is 0 Å². The van der Waals surface area contributed by atoms with Crippen molar-refractivity contribution in [3.05, 3.63) is 35.1 Å². The van der Waals surface area contributed by atoms with Gasteiger partial charge in [0.15, 0.2) is 0 Å². The first-order valence-corrected chi connectivity index (χ1v) is 6.24. The van der Waals surface area contributed by atoms with Crippen molar-refractivity contribution in [2.75, 3.05) is 13.1 Å². The van der Waals surface area contributed by atoms with Crippen LogP contribution in [0, 0.1) is 23.1 Å². The van der Waals surface area contributed by atoms with Crippen LogP contribution in [0.4, 0.5) is 4.39 Å². The summed E-state index contributed by atoms with van der Waals surface area (Å²) in [6.07, 6.45) is 1.21. The Labute approximate surface area is 111 Å². The third kappa shape index (κ3) is 3.30. The molecule has 0 aliphatic carbocycles. The molecule has 1 aliphatic rings. The zero-order valence-corrected chi connectivity index (χ0v) is 10.5. The van der Waals surface area contributed by atoms with Gasteiger partial charge in [0.05, 0.1) is 17.6 Å². The summed E-state index contributed by atoms with van der Waals surface area (Å²) in [5.74, 6) is -1.38. The standard InChI is InChI=1S/C14H15FN2O2/c15-13-2-1-11(8-16)12(7-13)9-17-5-3-10(4-6-17)14(18)19/h1-2,7,10H,3-6,9H2,(H,18,19). The Morgan fingerprint density at radius 2 is 2.16 bits per heavy atom. The van der Waals surface area contributed by atoms with Crippen LogP contribution in [0.3, 0.4) is 0 Å². The number of rotatable bonds is 3. The van der Waals surface area contributed by atoms with Gasteiger partial charge >= 0.3 is 5.97 Å². The molecule has 1 aliphatic heterocycles. The summed E-state index contributed by atoms with van der Waals surface area (Å²) in [5, 5.41) is 17.9. The molecule has 0 spiro atoms. The van der Waals surface area contributed by atoms with Gasteiger partial charge in [-0.25, -0.2) is 4.39 Å². The largest absolute Gasteiger partial charge is 0.481 e. The zero-order valence-electron chi connectivity index (χ0n) is 10.5. The minimum Gasteiger partial charge on any atom is -0.481 e. The number of benzene rings is 1. The van der Waals surface area contributed by atoms with Crippen LogP contribution in [0.5, 0.6) is 0 Å². The molecule has 0 amide bonds. The molecule has 0 unspecified atom stereocenters. The normalized spacial score (nSPS) is 17.1. The lowest BCUT2D eigenvalue weighted by atomic mass is 9.96. The Morgan fingerprint density at radius 1 is 1.47 bits per heavy atom. The van der Waals surface area contributed by atoms with Crippen LogP contribution in [0.15, 0.2) is 18.2 Å². The van der Waals surface area contributed by atoms with E-state index in [1.807, 2.05) is 0 Å². The highest BCUT2D eigenvalue weighted by Gasteiger charge is 2.24. The third-order valence-electron chi connectivity index (χ3n) is 3.52. The lowest BCUT2D eigenvalue weighted by molar-refractivity contribution is -0.143. The van der Waals surface area contributed by atoms with Crippen molar-refractivity contribution in [1.29, 1.82) is 5.26 Å². The molecule has 19 heavy (non-hydrogen) atoms. The van der Waals surface area contributed by atoms with E-state index in [1.165, 1.54) is 18.2 Å². The fourth-order valence-electron chi connectivity index (χ4n) is 2.38. The Kier molecular flexibility index (Phi) is 4.13. The van der Waals surface area contributed by atoms with Crippen LogP contribution >= 0.6 is 0 Å². The fourth-order valence-corrected chi connectivity index (χ4v) is 2.38. The van der Waals surface area contributed by atoms with E-state index >= 15 is 0 Å². The van der Waals surface area contributed by atoms with Gasteiger partial charge in [-0.15, -0.1) is 0 Å². The van der Waals surface area contributed by atoms with Gasteiger partial charge < -0.3 is 5.11 Å². The Balaban J connectivity index is 2.01. The lowest BCUT2D eigenvalue weighted by Gasteiger charge is -2.30. The molecule has 1 heterocycles. The molecule has 1 aromatic carbocycles. The summed E-state index contributed by atoms with van der Waals surface area (Å²) < 4.78 is 13.2. The molecule has 1 fully saturated rings. The molecular weight excluding hydrogens is 247 g/mol. The zero-order chi connectivity index (χ0) is 13.8. The van der Waals surface area contributed by atoms with E-state index in [2.05, 4.69) is 11.0 Å². The Bertz CT molecular complexity index is 517. The second kappa shape index (κ2) is 5.81. The van der Waals surface area contributed by atoms with Crippen molar-refractivity contribution in [3.8, 4) is 6.07 Å². The predicted octanol–water partition coefficient (Wildman–Crippen LogP) is 1.99. The smallest absolute Gasteiger partial charge is 0.306 e. The van der Waals surface area contributed by atoms with E-state index in [4.69, 9.17) is 10.4 Å². The van der Waals surface area contributed by atoms with E-state index in [0.717, 1.165) is 0 Å². The van der Waals surface area contributed by atoms with Gasteiger partial charge in [0.25, 0.3) is 0 Å². The van der Waals surface area contributed by atoms with Crippen molar-refractivity contribution in [2.24, 2.45) is 5.92 Å². The lowest BCUT2D eigenvalue weighted by Crippen LogP contribution is -2.36. The van der Waals surface area contributed by atoms with Gasteiger partial charge in [-0.05, 0) is 49.7 Å². The van der Waals surface area contributed by atoms with Crippen molar-refractivity contribution >= 4 is 5.97 Å². The highest BCUT2D eigenvalue weighted by Crippen LogP contribution is 2.20. The maximum atomic E-state index is 13.2. The number of nitrogens with zero attached hydrogens (tertiary/aromatic N) is 2. The number of likely N-dealkylation sites (tertiary alicyclic amines) is 1. The van der Waals surface area contributed by atoms with Gasteiger partial charge in [-0.3, -0.25) is 9.69 Å². The number of halogens is 1. The number of hydrogen-bond donors (Lipinski definition) is 1. The second-order valence-electron chi connectivity index (χ2n) is 4.80. The minimum atomic E-state index is -0.747. The second-order valence-corrected chi connectivity index (χ2v) is 4.80. The first kappa shape index (κ1) is 13.5. The van der Waals surface area contributed by atoms with Crippen molar-refractivity contribution < 1.29 is 14.3 Å². The molecular formula is C14H15FN2O2. The van der Waals surface area contributed by atoms with Gasteiger partial charge in [-0.2, -0.15) is 5.26 Å². The summed E-state index contributed by atoms with van der Waals surface area (Å²) in [4.78, 5) is 12.9. The number of piperidine rings is 1. The topological polar surface area (TPSA) is 64.3 Å². The van der Waals surface area contributed by atoms with Crippen molar-refractivity contribution in [2.45, 2.75) is 19.4 Å². The number of carboxylic acids is 1. The van der Waals surface area contributed by atoms with Crippen molar-refractivity contribution in [3.63, 3.8) is 0 Å². The Morgan fingerprint density at radius 3 is 2.74 bits per heavy atom. The molecule has 1 aromatic rings. The van der Waals surface area contributed by atoms with Crippen LogP contribution in [0.2, 0.25) is 0 Å². The summed E-state index contributed by atoms with van der Waals surface area (Å²) in [7, 11) is 0. The summed E-state index contributed by atoms with van der Waals surface area (Å²) in [5.41, 5.74) is 1.14. The molecule has 4 nitrogen and oxygen atoms in total. The fraction of sp³-hybridized carbons (Fsp3) is 0.429. The van der Waals surface area contributed by atoms with E-state index in [0.29, 0.717) is 43.6 Å². The predicted molar refractivity (Wildman–Crippen MR) is 66.8 cm³/mol. The Hall–Kier alpha value is -1.93. The quantitative estimate of drug-likeness (QED) is 0.904. The number of carboxylic acid groups (broad SMARTS) is 1. The van der Waals surface area contributed by atoms with E-state index in [-0.39, 0.29) is 11.7 Å². The van der Waals surface area contributed by atoms with E-state index in [1.54, 1.807) is 0 Å². The number of carbonyl (C=O) groups is 1. The van der Waals surface area contributed by atoms with E-state index < -0.39 is 5.97 Å². The molecule has 100 valence electrons. The highest BCUT2D eigenvalue weighted by molar-refractivity contribution is 5.70. The molecule has 2 rings (SSSR count).